The molecule has 3 amide bonds. The molecule has 1 aliphatic heterocycles. The van der Waals surface area contributed by atoms with Crippen molar-refractivity contribution in [3.05, 3.63) is 0 Å². The Labute approximate surface area is 123 Å². The predicted molar refractivity (Wildman–Crippen MR) is 74.7 cm³/mol. The SMILES string of the molecule is CC(O)(CNC(=O)NCC(=O)N1CCCCC1)CC(=O)O. The Morgan fingerprint density at radius 1 is 1.14 bits per heavy atom. The predicted octanol–water partition coefficient (Wildman–Crippen LogP) is -0.476. The fraction of sp³-hybridized carbons (Fsp3) is 0.769. The van der Waals surface area contributed by atoms with Crippen molar-refractivity contribution in [2.45, 2.75) is 38.2 Å². The van der Waals surface area contributed by atoms with Gasteiger partial charge in [0.25, 0.3) is 0 Å². The van der Waals surface area contributed by atoms with Gasteiger partial charge in [-0.15, -0.1) is 0 Å². The molecule has 0 spiro atoms. The number of amides is 3. The van der Waals surface area contributed by atoms with Gasteiger partial charge in [0.15, 0.2) is 0 Å². The topological polar surface area (TPSA) is 119 Å². The maximum atomic E-state index is 11.8. The van der Waals surface area contributed by atoms with Gasteiger partial charge in [0.2, 0.25) is 5.91 Å². The number of urea groups is 1. The maximum absolute atomic E-state index is 11.8. The van der Waals surface area contributed by atoms with Crippen molar-refractivity contribution < 1.29 is 24.6 Å². The third kappa shape index (κ3) is 6.94. The molecule has 4 N–H and O–H groups in total. The molecule has 0 aliphatic carbocycles. The van der Waals surface area contributed by atoms with Gasteiger partial charge >= 0.3 is 12.0 Å². The van der Waals surface area contributed by atoms with Crippen LogP contribution >= 0.6 is 0 Å². The van der Waals surface area contributed by atoms with E-state index < -0.39 is 24.0 Å². The first-order valence-electron chi connectivity index (χ1n) is 7.04. The van der Waals surface area contributed by atoms with E-state index in [0.29, 0.717) is 0 Å². The molecule has 21 heavy (non-hydrogen) atoms. The number of aliphatic hydroxyl groups is 1. The minimum atomic E-state index is -1.53. The zero-order valence-corrected chi connectivity index (χ0v) is 12.2. The summed E-state index contributed by atoms with van der Waals surface area (Å²) in [6.07, 6.45) is 2.61. The number of hydrogen-bond donors (Lipinski definition) is 4. The summed E-state index contributed by atoms with van der Waals surface area (Å²) in [5, 5.41) is 23.1. The first-order chi connectivity index (χ1) is 9.80. The molecule has 1 saturated heterocycles. The largest absolute Gasteiger partial charge is 0.481 e. The first kappa shape index (κ1) is 17.2. The number of carbonyl (C=O) groups excluding carboxylic acids is 2. The molecule has 8 heteroatoms. The molecular weight excluding hydrogens is 278 g/mol. The van der Waals surface area contributed by atoms with Gasteiger partial charge in [0, 0.05) is 19.6 Å². The smallest absolute Gasteiger partial charge is 0.315 e. The Morgan fingerprint density at radius 3 is 2.33 bits per heavy atom. The van der Waals surface area contributed by atoms with E-state index in [0.717, 1.165) is 32.4 Å². The van der Waals surface area contributed by atoms with Crippen LogP contribution in [0.3, 0.4) is 0 Å². The van der Waals surface area contributed by atoms with Crippen LogP contribution in [0.1, 0.15) is 32.6 Å². The highest BCUT2D eigenvalue weighted by atomic mass is 16.4. The number of carboxylic acid groups (broad SMARTS) is 1. The van der Waals surface area contributed by atoms with Gasteiger partial charge in [-0.3, -0.25) is 9.59 Å². The number of carbonyl (C=O) groups is 3. The zero-order chi connectivity index (χ0) is 15.9. The monoisotopic (exact) mass is 301 g/mol. The minimum Gasteiger partial charge on any atom is -0.481 e. The van der Waals surface area contributed by atoms with E-state index in [4.69, 9.17) is 5.11 Å². The normalized spacial score (nSPS) is 17.7. The summed E-state index contributed by atoms with van der Waals surface area (Å²) in [5.74, 6) is -1.29. The Morgan fingerprint density at radius 2 is 1.76 bits per heavy atom. The summed E-state index contributed by atoms with van der Waals surface area (Å²) >= 11 is 0. The van der Waals surface area contributed by atoms with E-state index in [9.17, 15) is 19.5 Å². The van der Waals surface area contributed by atoms with E-state index in [-0.39, 0.29) is 19.0 Å². The quantitative estimate of drug-likeness (QED) is 0.528. The maximum Gasteiger partial charge on any atom is 0.315 e. The molecule has 0 bridgehead atoms. The van der Waals surface area contributed by atoms with E-state index in [2.05, 4.69) is 10.6 Å². The molecule has 0 aromatic heterocycles. The molecule has 1 fully saturated rings. The lowest BCUT2D eigenvalue weighted by atomic mass is 10.0. The molecule has 1 rings (SSSR count). The highest BCUT2D eigenvalue weighted by Crippen LogP contribution is 2.08. The summed E-state index contributed by atoms with van der Waals surface area (Å²) in [5.41, 5.74) is -1.53. The van der Waals surface area contributed by atoms with Crippen LogP contribution in [0, 0.1) is 0 Å². The van der Waals surface area contributed by atoms with Gasteiger partial charge in [-0.25, -0.2) is 4.79 Å². The van der Waals surface area contributed by atoms with E-state index >= 15 is 0 Å². The summed E-state index contributed by atoms with van der Waals surface area (Å²) in [4.78, 5) is 35.5. The van der Waals surface area contributed by atoms with Gasteiger partial charge in [-0.2, -0.15) is 0 Å². The number of rotatable bonds is 6. The van der Waals surface area contributed by atoms with Crippen LogP contribution in [0.25, 0.3) is 0 Å². The van der Waals surface area contributed by atoms with Crippen LogP contribution in [-0.4, -0.2) is 64.8 Å². The lowest BCUT2D eigenvalue weighted by Crippen LogP contribution is -2.48. The molecule has 1 aliphatic rings. The fourth-order valence-electron chi connectivity index (χ4n) is 2.13. The lowest BCUT2D eigenvalue weighted by Gasteiger charge is -2.27. The van der Waals surface area contributed by atoms with Crippen molar-refractivity contribution in [3.8, 4) is 0 Å². The van der Waals surface area contributed by atoms with Gasteiger partial charge in [0.1, 0.15) is 0 Å². The molecule has 0 radical (unpaired) electrons. The van der Waals surface area contributed by atoms with Crippen LogP contribution in [0.5, 0.6) is 0 Å². The average Bonchev–Trinajstić information content (AvgIpc) is 2.42. The first-order valence-corrected chi connectivity index (χ1v) is 7.04. The van der Waals surface area contributed by atoms with Crippen molar-refractivity contribution >= 4 is 17.9 Å². The molecule has 0 saturated carbocycles. The number of likely N-dealkylation sites (tertiary alicyclic amines) is 1. The number of piperidine rings is 1. The lowest BCUT2D eigenvalue weighted by molar-refractivity contribution is -0.141. The molecule has 0 aromatic carbocycles. The molecule has 120 valence electrons. The van der Waals surface area contributed by atoms with Gasteiger partial charge in [0.05, 0.1) is 18.6 Å². The van der Waals surface area contributed by atoms with Crippen LogP contribution in [0.15, 0.2) is 0 Å². The number of nitrogens with one attached hydrogen (secondary N) is 2. The number of carboxylic acids is 1. The van der Waals surface area contributed by atoms with Crippen molar-refractivity contribution in [1.82, 2.24) is 15.5 Å². The van der Waals surface area contributed by atoms with Crippen molar-refractivity contribution in [2.24, 2.45) is 0 Å². The Bertz CT molecular complexity index is 391. The second-order valence-electron chi connectivity index (χ2n) is 5.55. The van der Waals surface area contributed by atoms with Crippen LogP contribution in [0.2, 0.25) is 0 Å². The third-order valence-corrected chi connectivity index (χ3v) is 3.27. The van der Waals surface area contributed by atoms with Crippen molar-refractivity contribution in [3.63, 3.8) is 0 Å². The highest BCUT2D eigenvalue weighted by Gasteiger charge is 2.25. The molecule has 8 nitrogen and oxygen atoms in total. The van der Waals surface area contributed by atoms with Crippen LogP contribution in [-0.2, 0) is 9.59 Å². The van der Waals surface area contributed by atoms with Crippen molar-refractivity contribution in [2.75, 3.05) is 26.2 Å². The number of hydrogen-bond acceptors (Lipinski definition) is 4. The van der Waals surface area contributed by atoms with Gasteiger partial charge < -0.3 is 25.7 Å². The van der Waals surface area contributed by atoms with Gasteiger partial charge in [-0.05, 0) is 26.2 Å². The summed E-state index contributed by atoms with van der Waals surface area (Å²) in [6.45, 7) is 2.45. The Hall–Kier alpha value is -1.83. The molecule has 1 unspecified atom stereocenters. The minimum absolute atomic E-state index is 0.104. The van der Waals surface area contributed by atoms with Crippen LogP contribution in [0.4, 0.5) is 4.79 Å². The van der Waals surface area contributed by atoms with Gasteiger partial charge in [-0.1, -0.05) is 0 Å². The molecule has 1 atom stereocenters. The number of nitrogens with zero attached hydrogens (tertiary/aromatic N) is 1. The highest BCUT2D eigenvalue weighted by molar-refractivity contribution is 5.84. The van der Waals surface area contributed by atoms with Crippen LogP contribution < -0.4 is 10.6 Å². The Balaban J connectivity index is 2.24. The third-order valence-electron chi connectivity index (χ3n) is 3.27. The summed E-state index contributed by atoms with van der Waals surface area (Å²) < 4.78 is 0. The summed E-state index contributed by atoms with van der Waals surface area (Å²) in [6, 6.07) is -0.606. The summed E-state index contributed by atoms with van der Waals surface area (Å²) in [7, 11) is 0. The number of aliphatic carboxylic acids is 1. The second kappa shape index (κ2) is 7.82. The zero-order valence-electron chi connectivity index (χ0n) is 12.2. The standard InChI is InChI=1S/C13H23N3O5/c1-13(21,7-11(18)19)9-15-12(20)14-8-10(17)16-5-3-2-4-6-16/h21H,2-9H2,1H3,(H,18,19)(H2,14,15,20). The van der Waals surface area contributed by atoms with E-state index in [1.54, 1.807) is 4.90 Å². The van der Waals surface area contributed by atoms with Crippen molar-refractivity contribution in [1.29, 1.82) is 0 Å². The second-order valence-corrected chi connectivity index (χ2v) is 5.55. The average molecular weight is 301 g/mol. The molecule has 1 heterocycles. The molecular formula is C13H23N3O5. The molecule has 0 aromatic rings. The van der Waals surface area contributed by atoms with E-state index in [1.165, 1.54) is 6.92 Å². The Kier molecular flexibility index (Phi) is 6.41. The fourth-order valence-corrected chi connectivity index (χ4v) is 2.13. The van der Waals surface area contributed by atoms with E-state index in [1.807, 2.05) is 0 Å².